The maximum atomic E-state index is 13.8. The molecule has 5 nitrogen and oxygen atoms in total. The fourth-order valence-corrected chi connectivity index (χ4v) is 4.48. The number of carbonyl (C=O) groups excluding carboxylic acids is 1. The number of hydrogen-bond donors (Lipinski definition) is 1. The Balaban J connectivity index is 1.68. The Morgan fingerprint density at radius 2 is 1.97 bits per heavy atom. The third-order valence-electron chi connectivity index (χ3n) is 5.82. The predicted molar refractivity (Wildman–Crippen MR) is 109 cm³/mol. The van der Waals surface area contributed by atoms with Crippen LogP contribution in [-0.2, 0) is 0 Å². The Bertz CT molecular complexity index is 962. The van der Waals surface area contributed by atoms with Crippen LogP contribution in [-0.4, -0.2) is 39.4 Å². The van der Waals surface area contributed by atoms with E-state index in [1.165, 1.54) is 6.07 Å². The van der Waals surface area contributed by atoms with E-state index in [0.717, 1.165) is 23.9 Å². The van der Waals surface area contributed by atoms with Gasteiger partial charge in [-0.1, -0.05) is 29.3 Å². The van der Waals surface area contributed by atoms with E-state index >= 15 is 0 Å². The average molecular weight is 461 g/mol. The van der Waals surface area contributed by atoms with Gasteiger partial charge in [0.15, 0.2) is 11.7 Å². The van der Waals surface area contributed by atoms with Crippen LogP contribution in [0.4, 0.5) is 19.0 Å². The van der Waals surface area contributed by atoms with Crippen molar-refractivity contribution in [2.24, 2.45) is 0 Å². The molecule has 1 aromatic heterocycles. The number of benzene rings is 1. The zero-order valence-electron chi connectivity index (χ0n) is 16.2. The fraction of sp³-hybridized carbons (Fsp3) is 0.500. The lowest BCUT2D eigenvalue weighted by atomic mass is 9.97. The van der Waals surface area contributed by atoms with Crippen molar-refractivity contribution < 1.29 is 18.0 Å². The van der Waals surface area contributed by atoms with Crippen LogP contribution in [0.15, 0.2) is 24.3 Å². The number of rotatable bonds is 2. The maximum absolute atomic E-state index is 13.8. The minimum absolute atomic E-state index is 0.0234. The minimum atomic E-state index is -4.52. The van der Waals surface area contributed by atoms with Gasteiger partial charge in [-0.15, -0.1) is 0 Å². The summed E-state index contributed by atoms with van der Waals surface area (Å²) in [6.07, 6.45) is -2.00. The molecule has 0 radical (unpaired) electrons. The number of halogens is 5. The molecule has 0 unspecified atom stereocenters. The first-order valence-electron chi connectivity index (χ1n) is 9.84. The van der Waals surface area contributed by atoms with Gasteiger partial charge in [-0.25, -0.2) is 4.68 Å². The third kappa shape index (κ3) is 3.99. The van der Waals surface area contributed by atoms with Gasteiger partial charge < -0.3 is 10.2 Å². The lowest BCUT2D eigenvalue weighted by molar-refractivity contribution is -0.173. The lowest BCUT2D eigenvalue weighted by Crippen LogP contribution is -2.42. The summed E-state index contributed by atoms with van der Waals surface area (Å²) in [5, 5.41) is 7.75. The smallest absolute Gasteiger partial charge is 0.363 e. The third-order valence-corrected chi connectivity index (χ3v) is 6.56. The number of alkyl halides is 3. The first kappa shape index (κ1) is 21.3. The lowest BCUT2D eigenvalue weighted by Gasteiger charge is -2.33. The van der Waals surface area contributed by atoms with Crippen molar-refractivity contribution in [1.82, 2.24) is 14.7 Å². The second kappa shape index (κ2) is 7.96. The highest BCUT2D eigenvalue weighted by Crippen LogP contribution is 2.44. The van der Waals surface area contributed by atoms with Gasteiger partial charge in [0, 0.05) is 25.1 Å². The monoisotopic (exact) mass is 460 g/mol. The number of hydrogen-bond acceptors (Lipinski definition) is 3. The zero-order valence-corrected chi connectivity index (χ0v) is 17.7. The first-order valence-corrected chi connectivity index (χ1v) is 10.6. The van der Waals surface area contributed by atoms with Gasteiger partial charge in [-0.3, -0.25) is 4.79 Å². The average Bonchev–Trinajstić information content (AvgIpc) is 3.12. The highest BCUT2D eigenvalue weighted by molar-refractivity contribution is 6.42. The van der Waals surface area contributed by atoms with Crippen LogP contribution in [0.2, 0.25) is 10.0 Å². The molecule has 2 aromatic rings. The highest BCUT2D eigenvalue weighted by Gasteiger charge is 2.47. The Kier molecular flexibility index (Phi) is 5.66. The standard InChI is InChI=1S/C20H21Cl2F3N4O/c1-11-4-2-3-7-28(11)19(30)16-10-18-26-15(12-5-6-13(21)14(22)8-12)9-17(20(23,24)25)29(18)27-16/h5-6,8,10-11,15,17,26H,2-4,7,9H2,1H3/t11-,15+,17-/m1/s1. The van der Waals surface area contributed by atoms with Crippen LogP contribution in [0.3, 0.4) is 0 Å². The summed E-state index contributed by atoms with van der Waals surface area (Å²) in [5.41, 5.74) is 0.610. The van der Waals surface area contributed by atoms with Crippen molar-refractivity contribution in [2.45, 2.75) is 56.9 Å². The molecule has 2 aliphatic rings. The summed E-state index contributed by atoms with van der Waals surface area (Å²) in [6, 6.07) is 3.71. The molecule has 0 bridgehead atoms. The van der Waals surface area contributed by atoms with Crippen LogP contribution in [0.5, 0.6) is 0 Å². The topological polar surface area (TPSA) is 50.2 Å². The molecule has 3 atom stereocenters. The SMILES string of the molecule is C[C@@H]1CCCCN1C(=O)c1cc2n(n1)[C@@H](C(F)(F)F)C[C@@H](c1ccc(Cl)c(Cl)c1)N2. The molecule has 4 rings (SSSR count). The number of likely N-dealkylation sites (tertiary alicyclic amines) is 1. The number of aromatic nitrogens is 2. The maximum Gasteiger partial charge on any atom is 0.410 e. The first-order chi connectivity index (χ1) is 14.1. The number of anilines is 1. The van der Waals surface area contributed by atoms with E-state index in [2.05, 4.69) is 10.4 Å². The van der Waals surface area contributed by atoms with Crippen LogP contribution >= 0.6 is 23.2 Å². The van der Waals surface area contributed by atoms with Gasteiger partial charge in [-0.05, 0) is 43.9 Å². The molecule has 1 amide bonds. The van der Waals surface area contributed by atoms with Crippen molar-refractivity contribution in [2.75, 3.05) is 11.9 Å². The van der Waals surface area contributed by atoms with Gasteiger partial charge in [-0.2, -0.15) is 18.3 Å². The molecule has 30 heavy (non-hydrogen) atoms. The molecule has 1 fully saturated rings. The van der Waals surface area contributed by atoms with Crippen molar-refractivity contribution in [3.63, 3.8) is 0 Å². The number of nitrogens with zero attached hydrogens (tertiary/aromatic N) is 3. The quantitative estimate of drug-likeness (QED) is 0.609. The van der Waals surface area contributed by atoms with Crippen LogP contribution in [0, 0.1) is 0 Å². The van der Waals surface area contributed by atoms with Gasteiger partial charge in [0.05, 0.1) is 16.1 Å². The number of carbonyl (C=O) groups is 1. The van der Waals surface area contributed by atoms with E-state index in [4.69, 9.17) is 23.2 Å². The molecular formula is C20H21Cl2F3N4O. The van der Waals surface area contributed by atoms with Crippen molar-refractivity contribution in [3.8, 4) is 0 Å². The van der Waals surface area contributed by atoms with E-state index < -0.39 is 18.3 Å². The Labute approximate surface area is 182 Å². The highest BCUT2D eigenvalue weighted by atomic mass is 35.5. The normalized spacial score (nSPS) is 24.3. The Morgan fingerprint density at radius 3 is 2.63 bits per heavy atom. The van der Waals surface area contributed by atoms with Crippen LogP contribution in [0.1, 0.15) is 60.7 Å². The summed E-state index contributed by atoms with van der Waals surface area (Å²) in [5.74, 6) is -0.175. The summed E-state index contributed by atoms with van der Waals surface area (Å²) >= 11 is 12.0. The number of piperidine rings is 1. The van der Waals surface area contributed by atoms with E-state index in [9.17, 15) is 18.0 Å². The van der Waals surface area contributed by atoms with Gasteiger partial charge in [0.2, 0.25) is 0 Å². The second-order valence-corrected chi connectivity index (χ2v) is 8.68. The van der Waals surface area contributed by atoms with E-state index in [0.29, 0.717) is 17.1 Å². The molecule has 1 aromatic carbocycles. The van der Waals surface area contributed by atoms with Crippen molar-refractivity contribution in [3.05, 3.63) is 45.6 Å². The molecule has 0 saturated carbocycles. The minimum Gasteiger partial charge on any atom is -0.363 e. The zero-order chi connectivity index (χ0) is 21.6. The number of amides is 1. The van der Waals surface area contributed by atoms with Crippen LogP contribution in [0.25, 0.3) is 0 Å². The van der Waals surface area contributed by atoms with E-state index in [-0.39, 0.29) is 34.9 Å². The second-order valence-electron chi connectivity index (χ2n) is 7.87. The molecule has 1 N–H and O–H groups in total. The largest absolute Gasteiger partial charge is 0.410 e. The number of nitrogens with one attached hydrogen (secondary N) is 1. The Hall–Kier alpha value is -1.93. The van der Waals surface area contributed by atoms with E-state index in [1.807, 2.05) is 6.92 Å². The molecule has 0 spiro atoms. The molecule has 2 aliphatic heterocycles. The molecule has 1 saturated heterocycles. The molecule has 162 valence electrons. The molecular weight excluding hydrogens is 440 g/mol. The molecule has 3 heterocycles. The fourth-order valence-electron chi connectivity index (χ4n) is 4.17. The summed E-state index contributed by atoms with van der Waals surface area (Å²) in [6.45, 7) is 2.54. The van der Waals surface area contributed by atoms with Gasteiger partial charge in [0.1, 0.15) is 5.82 Å². The summed E-state index contributed by atoms with van der Waals surface area (Å²) < 4.78 is 42.4. The molecule has 0 aliphatic carbocycles. The van der Waals surface area contributed by atoms with Gasteiger partial charge in [0.25, 0.3) is 5.91 Å². The summed E-state index contributed by atoms with van der Waals surface area (Å²) in [7, 11) is 0. The Morgan fingerprint density at radius 1 is 1.20 bits per heavy atom. The van der Waals surface area contributed by atoms with E-state index in [1.54, 1.807) is 23.1 Å². The number of fused-ring (bicyclic) bond motifs is 1. The molecule has 10 heteroatoms. The van der Waals surface area contributed by atoms with Crippen LogP contribution < -0.4 is 5.32 Å². The summed E-state index contributed by atoms with van der Waals surface area (Å²) in [4.78, 5) is 14.6. The predicted octanol–water partition coefficient (Wildman–Crippen LogP) is 5.86. The van der Waals surface area contributed by atoms with Gasteiger partial charge >= 0.3 is 6.18 Å². The van der Waals surface area contributed by atoms with Crippen molar-refractivity contribution in [1.29, 1.82) is 0 Å². The van der Waals surface area contributed by atoms with Crippen molar-refractivity contribution >= 4 is 34.9 Å².